The van der Waals surface area contributed by atoms with E-state index in [2.05, 4.69) is 0 Å². The van der Waals surface area contributed by atoms with Crippen LogP contribution in [0.2, 0.25) is 0 Å². The van der Waals surface area contributed by atoms with Gasteiger partial charge in [0.25, 0.3) is 0 Å². The van der Waals surface area contributed by atoms with Gasteiger partial charge in [-0.15, -0.1) is 0 Å². The molecule has 1 aliphatic carbocycles. The summed E-state index contributed by atoms with van der Waals surface area (Å²) in [6.45, 7) is 0. The third kappa shape index (κ3) is 1.63. The van der Waals surface area contributed by atoms with Crippen LogP contribution in [0, 0.1) is 11.7 Å². The lowest BCUT2D eigenvalue weighted by Crippen LogP contribution is -2.47. The van der Waals surface area contributed by atoms with Crippen molar-refractivity contribution in [1.82, 2.24) is 0 Å². The second kappa shape index (κ2) is 3.81. The van der Waals surface area contributed by atoms with Gasteiger partial charge >= 0.3 is 0 Å². The van der Waals surface area contributed by atoms with Gasteiger partial charge in [-0.2, -0.15) is 0 Å². The van der Waals surface area contributed by atoms with Crippen LogP contribution in [-0.4, -0.2) is 23.1 Å². The van der Waals surface area contributed by atoms with E-state index in [1.807, 2.05) is 0 Å². The maximum absolute atomic E-state index is 13.1. The molecule has 0 amide bonds. The normalized spacial score (nSPS) is 31.4. The molecule has 1 fully saturated rings. The summed E-state index contributed by atoms with van der Waals surface area (Å²) in [5.74, 6) is -0.739. The largest absolute Gasteiger partial charge is 0.489 e. The van der Waals surface area contributed by atoms with Crippen LogP contribution in [0.5, 0.6) is 5.75 Å². The van der Waals surface area contributed by atoms with Crippen LogP contribution in [0.25, 0.3) is 0 Å². The number of ether oxygens (including phenoxy) is 1. The summed E-state index contributed by atoms with van der Waals surface area (Å²) < 4.78 is 18.8. The zero-order valence-corrected chi connectivity index (χ0v) is 9.23. The fraction of sp³-hybridized carbons (Fsp3) is 0.462. The first-order valence-corrected chi connectivity index (χ1v) is 5.85. The number of fused-ring (bicyclic) bond motifs is 2. The molecule has 0 aromatic heterocycles. The molecule has 3 atom stereocenters. The van der Waals surface area contributed by atoms with E-state index in [9.17, 15) is 14.3 Å². The summed E-state index contributed by atoms with van der Waals surface area (Å²) in [6.07, 6.45) is 1.30. The first-order valence-electron chi connectivity index (χ1n) is 5.85. The van der Waals surface area contributed by atoms with Crippen molar-refractivity contribution < 1.29 is 19.0 Å². The molecule has 1 aliphatic heterocycles. The Hall–Kier alpha value is -1.42. The molecule has 1 heterocycles. The summed E-state index contributed by atoms with van der Waals surface area (Å²) in [6, 6.07) is 3.96. The van der Waals surface area contributed by atoms with Crippen molar-refractivity contribution in [2.75, 3.05) is 0 Å². The molecule has 4 heteroatoms. The number of Topliss-reactive ketones (excluding diaryl/α,β-unsaturated/α-hetero) is 1. The first kappa shape index (κ1) is 10.7. The van der Waals surface area contributed by atoms with Gasteiger partial charge in [0.05, 0.1) is 17.6 Å². The molecular formula is C13H13FO3. The Labute approximate surface area is 98.2 Å². The van der Waals surface area contributed by atoms with E-state index in [4.69, 9.17) is 4.74 Å². The Bertz CT molecular complexity index is 472. The molecule has 0 radical (unpaired) electrons. The second-order valence-electron chi connectivity index (χ2n) is 4.69. The highest BCUT2D eigenvalue weighted by molar-refractivity contribution is 6.02. The molecule has 17 heavy (non-hydrogen) atoms. The Balaban J connectivity index is 2.04. The van der Waals surface area contributed by atoms with Crippen LogP contribution in [-0.2, 0) is 0 Å². The highest BCUT2D eigenvalue weighted by Crippen LogP contribution is 2.38. The van der Waals surface area contributed by atoms with Crippen LogP contribution in [0.4, 0.5) is 4.39 Å². The van der Waals surface area contributed by atoms with Crippen molar-refractivity contribution in [1.29, 1.82) is 0 Å². The van der Waals surface area contributed by atoms with Gasteiger partial charge in [-0.3, -0.25) is 4.79 Å². The average molecular weight is 236 g/mol. The zero-order chi connectivity index (χ0) is 12.0. The van der Waals surface area contributed by atoms with Crippen LogP contribution in [0.15, 0.2) is 18.2 Å². The molecule has 0 saturated heterocycles. The molecule has 1 aromatic rings. The van der Waals surface area contributed by atoms with Crippen molar-refractivity contribution >= 4 is 5.78 Å². The van der Waals surface area contributed by atoms with Crippen molar-refractivity contribution in [2.45, 2.75) is 31.5 Å². The van der Waals surface area contributed by atoms with Gasteiger partial charge in [0.1, 0.15) is 17.7 Å². The van der Waals surface area contributed by atoms with Gasteiger partial charge < -0.3 is 9.84 Å². The van der Waals surface area contributed by atoms with Gasteiger partial charge in [0.2, 0.25) is 0 Å². The fourth-order valence-electron chi connectivity index (χ4n) is 2.75. The number of hydrogen-bond donors (Lipinski definition) is 1. The fourth-order valence-corrected chi connectivity index (χ4v) is 2.75. The van der Waals surface area contributed by atoms with E-state index in [-0.39, 0.29) is 17.5 Å². The molecule has 3 rings (SSSR count). The first-order chi connectivity index (χ1) is 8.16. The number of benzene rings is 1. The molecule has 0 bridgehead atoms. The van der Waals surface area contributed by atoms with Crippen LogP contribution < -0.4 is 4.74 Å². The molecule has 1 aromatic carbocycles. The van der Waals surface area contributed by atoms with Crippen LogP contribution in [0.1, 0.15) is 29.6 Å². The van der Waals surface area contributed by atoms with Crippen LogP contribution in [0.3, 0.4) is 0 Å². The molecule has 1 N–H and O–H groups in total. The number of aliphatic hydroxyl groups is 1. The van der Waals surface area contributed by atoms with Gasteiger partial charge in [0.15, 0.2) is 5.78 Å². The van der Waals surface area contributed by atoms with E-state index in [0.29, 0.717) is 12.2 Å². The van der Waals surface area contributed by atoms with Gasteiger partial charge in [-0.1, -0.05) is 0 Å². The number of hydrogen-bond acceptors (Lipinski definition) is 3. The van der Waals surface area contributed by atoms with Crippen molar-refractivity contribution in [3.05, 3.63) is 29.6 Å². The van der Waals surface area contributed by atoms with E-state index in [1.165, 1.54) is 18.2 Å². The minimum absolute atomic E-state index is 0.192. The van der Waals surface area contributed by atoms with Gasteiger partial charge in [0, 0.05) is 0 Å². The summed E-state index contributed by atoms with van der Waals surface area (Å²) in [7, 11) is 0. The minimum atomic E-state index is -0.669. The average Bonchev–Trinajstić information content (AvgIpc) is 2.30. The van der Waals surface area contributed by atoms with Crippen molar-refractivity contribution in [2.24, 2.45) is 5.92 Å². The number of aliphatic hydroxyl groups excluding tert-OH is 1. The maximum Gasteiger partial charge on any atom is 0.176 e. The highest BCUT2D eigenvalue weighted by atomic mass is 19.1. The molecule has 3 nitrogen and oxygen atoms in total. The summed E-state index contributed by atoms with van der Waals surface area (Å²) >= 11 is 0. The second-order valence-corrected chi connectivity index (χ2v) is 4.69. The van der Waals surface area contributed by atoms with Crippen LogP contribution >= 0.6 is 0 Å². The predicted molar refractivity (Wildman–Crippen MR) is 58.5 cm³/mol. The van der Waals surface area contributed by atoms with E-state index in [1.54, 1.807) is 0 Å². The van der Waals surface area contributed by atoms with Crippen molar-refractivity contribution in [3.8, 4) is 5.75 Å². The Morgan fingerprint density at radius 3 is 3.00 bits per heavy atom. The zero-order valence-electron chi connectivity index (χ0n) is 9.23. The SMILES string of the molecule is O=C1c2cc(F)ccc2O[C@H]2CCC[C@@H](O)[C@@H]12. The predicted octanol–water partition coefficient (Wildman–Crippen LogP) is 1.93. The summed E-state index contributed by atoms with van der Waals surface area (Å²) in [5, 5.41) is 9.88. The lowest BCUT2D eigenvalue weighted by Gasteiger charge is -2.38. The highest BCUT2D eigenvalue weighted by Gasteiger charge is 2.43. The number of carbonyl (C=O) groups is 1. The Morgan fingerprint density at radius 1 is 1.35 bits per heavy atom. The van der Waals surface area contributed by atoms with E-state index < -0.39 is 17.8 Å². The Kier molecular flexibility index (Phi) is 2.40. The summed E-state index contributed by atoms with van der Waals surface area (Å²) in [5.41, 5.74) is 0.257. The third-order valence-corrected chi connectivity index (χ3v) is 3.59. The maximum atomic E-state index is 13.1. The quantitative estimate of drug-likeness (QED) is 0.748. The topological polar surface area (TPSA) is 46.5 Å². The lowest BCUT2D eigenvalue weighted by atomic mass is 9.77. The number of rotatable bonds is 0. The third-order valence-electron chi connectivity index (χ3n) is 3.59. The number of ketones is 1. The number of carbonyl (C=O) groups excluding carboxylic acids is 1. The monoisotopic (exact) mass is 236 g/mol. The van der Waals surface area contributed by atoms with E-state index in [0.717, 1.165) is 12.8 Å². The van der Waals surface area contributed by atoms with Crippen molar-refractivity contribution in [3.63, 3.8) is 0 Å². The summed E-state index contributed by atoms with van der Waals surface area (Å²) in [4.78, 5) is 12.2. The Morgan fingerprint density at radius 2 is 2.18 bits per heavy atom. The van der Waals surface area contributed by atoms with E-state index >= 15 is 0 Å². The minimum Gasteiger partial charge on any atom is -0.489 e. The lowest BCUT2D eigenvalue weighted by molar-refractivity contribution is -0.00956. The molecule has 0 unspecified atom stereocenters. The van der Waals surface area contributed by atoms with Gasteiger partial charge in [-0.05, 0) is 37.5 Å². The standard InChI is InChI=1S/C13H13FO3/c14-7-4-5-10-8(6-7)13(16)12-9(15)2-1-3-11(12)17-10/h4-6,9,11-12,15H,1-3H2/t9-,11+,12-/m1/s1. The number of halogens is 1. The van der Waals surface area contributed by atoms with Gasteiger partial charge in [-0.25, -0.2) is 4.39 Å². The molecular weight excluding hydrogens is 223 g/mol. The molecule has 1 saturated carbocycles. The molecule has 0 spiro atoms. The molecule has 90 valence electrons. The smallest absolute Gasteiger partial charge is 0.176 e. The molecule has 2 aliphatic rings.